The van der Waals surface area contributed by atoms with Crippen molar-refractivity contribution < 1.29 is 30.4 Å². The molecule has 2 aromatic rings. The van der Waals surface area contributed by atoms with Gasteiger partial charge in [-0.3, -0.25) is 4.90 Å². The number of anilines is 1. The van der Waals surface area contributed by atoms with E-state index >= 15 is 0 Å². The Kier molecular flexibility index (Phi) is 7.60. The number of aromatic nitrogens is 3. The third-order valence-corrected chi connectivity index (χ3v) is 8.38. The van der Waals surface area contributed by atoms with Crippen molar-refractivity contribution >= 4 is 27.3 Å². The topological polar surface area (TPSA) is 91.3 Å². The van der Waals surface area contributed by atoms with Crippen LogP contribution in [0.1, 0.15) is 36.4 Å². The van der Waals surface area contributed by atoms with Crippen LogP contribution in [0, 0.1) is 5.82 Å². The second-order valence-electron chi connectivity index (χ2n) is 8.70. The van der Waals surface area contributed by atoms with E-state index < -0.39 is 44.5 Å². The fourth-order valence-electron chi connectivity index (χ4n) is 4.15. The summed E-state index contributed by atoms with van der Waals surface area (Å²) < 4.78 is 94.0. The van der Waals surface area contributed by atoms with Crippen molar-refractivity contribution in [1.29, 1.82) is 0 Å². The molecule has 2 fully saturated rings. The quantitative estimate of drug-likeness (QED) is 0.561. The lowest BCUT2D eigenvalue weighted by Crippen LogP contribution is -2.42. The second-order valence-corrected chi connectivity index (χ2v) is 11.8. The number of thiazole rings is 1. The number of nitrogens with one attached hydrogen (secondary N) is 1. The molecule has 0 radical (unpaired) electrons. The van der Waals surface area contributed by atoms with Gasteiger partial charge in [-0.15, -0.1) is 11.3 Å². The van der Waals surface area contributed by atoms with E-state index in [1.165, 1.54) is 4.31 Å². The van der Waals surface area contributed by atoms with Crippen molar-refractivity contribution in [3.63, 3.8) is 0 Å². The Labute approximate surface area is 203 Å². The summed E-state index contributed by atoms with van der Waals surface area (Å²) >= 11 is 0.708. The van der Waals surface area contributed by atoms with E-state index in [9.17, 15) is 30.4 Å². The summed E-state index contributed by atoms with van der Waals surface area (Å²) in [6.07, 6.45) is -2.30. The van der Waals surface area contributed by atoms with Gasteiger partial charge in [0, 0.05) is 32.2 Å². The molecule has 0 saturated carbocycles. The van der Waals surface area contributed by atoms with Gasteiger partial charge in [0.1, 0.15) is 16.9 Å². The molecular formula is C20H25F5N6O2S2. The molecule has 4 rings (SSSR count). The van der Waals surface area contributed by atoms with Crippen LogP contribution in [0.3, 0.4) is 0 Å². The van der Waals surface area contributed by atoms with Crippen molar-refractivity contribution in [2.75, 3.05) is 37.8 Å². The smallest absolute Gasteiger partial charge is 0.351 e. The highest BCUT2D eigenvalue weighted by Crippen LogP contribution is 2.41. The first-order valence-electron chi connectivity index (χ1n) is 11.1. The molecule has 2 aliphatic heterocycles. The van der Waals surface area contributed by atoms with Gasteiger partial charge in [-0.05, 0) is 25.7 Å². The maximum absolute atomic E-state index is 14.6. The zero-order chi connectivity index (χ0) is 25.4. The molecule has 2 saturated heterocycles. The molecule has 194 valence electrons. The predicted octanol–water partition coefficient (Wildman–Crippen LogP) is 3.53. The Morgan fingerprint density at radius 1 is 1.11 bits per heavy atom. The number of hydrogen-bond acceptors (Lipinski definition) is 8. The number of halogens is 5. The zero-order valence-electron chi connectivity index (χ0n) is 18.9. The number of hydrogen-bond donors (Lipinski definition) is 1. The highest BCUT2D eigenvalue weighted by Gasteiger charge is 2.39. The van der Waals surface area contributed by atoms with Crippen molar-refractivity contribution in [1.82, 2.24) is 24.2 Å². The minimum Gasteiger partial charge on any atom is -0.351 e. The Hall–Kier alpha value is -1.97. The number of piperidine rings is 2. The third-order valence-electron chi connectivity index (χ3n) is 6.03. The van der Waals surface area contributed by atoms with Crippen LogP contribution in [0.25, 0.3) is 10.6 Å². The minimum atomic E-state index is -4.82. The molecule has 0 unspecified atom stereocenters. The van der Waals surface area contributed by atoms with Crippen LogP contribution < -0.4 is 5.32 Å². The molecule has 0 spiro atoms. The van der Waals surface area contributed by atoms with Gasteiger partial charge in [0.25, 0.3) is 0 Å². The van der Waals surface area contributed by atoms with Crippen molar-refractivity contribution in [3.8, 4) is 10.6 Å². The standard InChI is InChI=1S/C20H25F5N6O2S2/c1-35(32,33)31-8-4-13(5-9-31)27-19-26-10-14(22)16(29-19)17-18(20(23,24)25)28-15(34-17)11-30-6-2-12(21)3-7-30/h10,12-13H,2-9,11H2,1H3,(H,26,27,29). The molecule has 35 heavy (non-hydrogen) atoms. The van der Waals surface area contributed by atoms with Crippen LogP contribution in [0.2, 0.25) is 0 Å². The van der Waals surface area contributed by atoms with Crippen LogP contribution in [-0.4, -0.2) is 77.2 Å². The molecule has 0 bridgehead atoms. The number of sulfonamides is 1. The van der Waals surface area contributed by atoms with E-state index in [1.54, 1.807) is 0 Å². The first kappa shape index (κ1) is 26.1. The largest absolute Gasteiger partial charge is 0.434 e. The fourth-order valence-corrected chi connectivity index (χ4v) is 6.14. The number of nitrogens with zero attached hydrogens (tertiary/aromatic N) is 5. The lowest BCUT2D eigenvalue weighted by molar-refractivity contribution is -0.140. The molecule has 8 nitrogen and oxygen atoms in total. The van der Waals surface area contributed by atoms with Crippen LogP contribution in [0.15, 0.2) is 6.20 Å². The first-order chi connectivity index (χ1) is 16.4. The third kappa shape index (κ3) is 6.43. The molecule has 2 aromatic heterocycles. The van der Waals surface area contributed by atoms with Gasteiger partial charge in [-0.2, -0.15) is 13.2 Å². The lowest BCUT2D eigenvalue weighted by Gasteiger charge is -2.30. The normalized spacial score (nSPS) is 19.8. The molecular weight excluding hydrogens is 515 g/mol. The van der Waals surface area contributed by atoms with Gasteiger partial charge >= 0.3 is 6.18 Å². The maximum atomic E-state index is 14.6. The van der Waals surface area contributed by atoms with Crippen molar-refractivity contribution in [2.24, 2.45) is 0 Å². The Balaban J connectivity index is 1.55. The average molecular weight is 541 g/mol. The first-order valence-corrected chi connectivity index (χ1v) is 13.7. The lowest BCUT2D eigenvalue weighted by atomic mass is 10.1. The molecule has 0 aromatic carbocycles. The van der Waals surface area contributed by atoms with Crippen molar-refractivity contribution in [2.45, 2.75) is 50.6 Å². The minimum absolute atomic E-state index is 0.0488. The molecule has 0 amide bonds. The van der Waals surface area contributed by atoms with E-state index in [1.807, 2.05) is 4.90 Å². The van der Waals surface area contributed by atoms with Gasteiger partial charge in [0.2, 0.25) is 16.0 Å². The van der Waals surface area contributed by atoms with Crippen LogP contribution in [-0.2, 0) is 22.7 Å². The monoisotopic (exact) mass is 540 g/mol. The summed E-state index contributed by atoms with van der Waals surface area (Å²) in [4.78, 5) is 13.0. The number of alkyl halides is 4. The highest BCUT2D eigenvalue weighted by atomic mass is 32.2. The zero-order valence-corrected chi connectivity index (χ0v) is 20.5. The van der Waals surface area contributed by atoms with E-state index in [0.29, 0.717) is 50.1 Å². The van der Waals surface area contributed by atoms with Gasteiger partial charge in [-0.1, -0.05) is 0 Å². The van der Waals surface area contributed by atoms with Gasteiger partial charge < -0.3 is 5.32 Å². The summed E-state index contributed by atoms with van der Waals surface area (Å²) in [6, 6.07) is -0.219. The van der Waals surface area contributed by atoms with Gasteiger partial charge in [0.05, 0.1) is 23.9 Å². The average Bonchev–Trinajstić information content (AvgIpc) is 3.21. The SMILES string of the molecule is CS(=O)(=O)N1CCC(Nc2ncc(F)c(-c3sc(CN4CCC(F)CC4)nc3C(F)(F)F)n2)CC1. The van der Waals surface area contributed by atoms with Crippen LogP contribution in [0.4, 0.5) is 27.9 Å². The highest BCUT2D eigenvalue weighted by molar-refractivity contribution is 7.88. The van der Waals surface area contributed by atoms with Crippen LogP contribution in [0.5, 0.6) is 0 Å². The predicted molar refractivity (Wildman–Crippen MR) is 121 cm³/mol. The Morgan fingerprint density at radius 3 is 2.37 bits per heavy atom. The Morgan fingerprint density at radius 2 is 1.77 bits per heavy atom. The molecule has 0 aliphatic carbocycles. The maximum Gasteiger partial charge on any atom is 0.434 e. The molecule has 2 aliphatic rings. The van der Waals surface area contributed by atoms with Crippen molar-refractivity contribution in [3.05, 3.63) is 22.7 Å². The number of rotatable bonds is 6. The van der Waals surface area contributed by atoms with Gasteiger partial charge in [-0.25, -0.2) is 36.5 Å². The second kappa shape index (κ2) is 10.2. The van der Waals surface area contributed by atoms with E-state index in [2.05, 4.69) is 20.3 Å². The molecule has 0 atom stereocenters. The summed E-state index contributed by atoms with van der Waals surface area (Å²) in [5, 5.41) is 3.12. The van der Waals surface area contributed by atoms with Crippen LogP contribution >= 0.6 is 11.3 Å². The molecule has 15 heteroatoms. The number of likely N-dealkylation sites (tertiary alicyclic amines) is 1. The van der Waals surface area contributed by atoms with E-state index in [-0.39, 0.29) is 36.6 Å². The van der Waals surface area contributed by atoms with E-state index in [0.717, 1.165) is 12.5 Å². The summed E-state index contributed by atoms with van der Waals surface area (Å²) in [6.45, 7) is 1.48. The Bertz CT molecular complexity index is 1140. The molecule has 4 heterocycles. The molecule has 1 N–H and O–H groups in total. The van der Waals surface area contributed by atoms with Gasteiger partial charge in [0.15, 0.2) is 11.5 Å². The summed E-state index contributed by atoms with van der Waals surface area (Å²) in [7, 11) is -3.31. The summed E-state index contributed by atoms with van der Waals surface area (Å²) in [5.74, 6) is -1.06. The van der Waals surface area contributed by atoms with E-state index in [4.69, 9.17) is 0 Å². The fraction of sp³-hybridized carbons (Fsp3) is 0.650. The summed E-state index contributed by atoms with van der Waals surface area (Å²) in [5.41, 5.74) is -1.72.